The number of hydrogen-bond donors (Lipinski definition) is 3. The summed E-state index contributed by atoms with van der Waals surface area (Å²) in [7, 11) is 0. The van der Waals surface area contributed by atoms with E-state index in [1.165, 1.54) is 6.07 Å². The van der Waals surface area contributed by atoms with Crippen LogP contribution in [0.25, 0.3) is 0 Å². The van der Waals surface area contributed by atoms with Gasteiger partial charge >= 0.3 is 0 Å². The molecule has 0 bridgehead atoms. The monoisotopic (exact) mass is 208 g/mol. The number of para-hydroxylation sites is 1. The number of rotatable bonds is 4. The number of nitrogens with two attached hydrogens (primary N) is 1. The van der Waals surface area contributed by atoms with Gasteiger partial charge in [-0.25, -0.2) is 0 Å². The van der Waals surface area contributed by atoms with Crippen LogP contribution in [0.3, 0.4) is 0 Å². The minimum absolute atomic E-state index is 0.00389. The molecule has 4 N–H and O–H groups in total. The third kappa shape index (κ3) is 3.59. The molecule has 0 radical (unpaired) electrons. The van der Waals surface area contributed by atoms with Crippen molar-refractivity contribution in [2.45, 2.75) is 19.4 Å². The summed E-state index contributed by atoms with van der Waals surface area (Å²) in [5.74, 6) is -0.274. The van der Waals surface area contributed by atoms with Crippen LogP contribution in [0, 0.1) is 0 Å². The lowest BCUT2D eigenvalue weighted by atomic mass is 10.2. The SMILES string of the molecule is CC(N)CCNC(=O)c1ccccc1O. The number of benzene rings is 1. The molecule has 0 aromatic heterocycles. The molecule has 4 nitrogen and oxygen atoms in total. The highest BCUT2D eigenvalue weighted by atomic mass is 16.3. The second-order valence-electron chi connectivity index (χ2n) is 3.54. The smallest absolute Gasteiger partial charge is 0.255 e. The van der Waals surface area contributed by atoms with Gasteiger partial charge in [-0.05, 0) is 25.5 Å². The Bertz CT molecular complexity index is 337. The van der Waals surface area contributed by atoms with Gasteiger partial charge in [-0.1, -0.05) is 12.1 Å². The van der Waals surface area contributed by atoms with Gasteiger partial charge in [0.1, 0.15) is 5.75 Å². The molecule has 0 aliphatic heterocycles. The fourth-order valence-electron chi connectivity index (χ4n) is 1.17. The Morgan fingerprint density at radius 1 is 1.53 bits per heavy atom. The zero-order valence-corrected chi connectivity index (χ0v) is 8.73. The first-order valence-electron chi connectivity index (χ1n) is 4.93. The molecule has 1 unspecified atom stereocenters. The first kappa shape index (κ1) is 11.5. The molecule has 1 aromatic carbocycles. The van der Waals surface area contributed by atoms with E-state index in [0.29, 0.717) is 12.1 Å². The summed E-state index contributed by atoms with van der Waals surface area (Å²) in [6.07, 6.45) is 0.722. The van der Waals surface area contributed by atoms with E-state index in [1.54, 1.807) is 18.2 Å². The number of hydrogen-bond acceptors (Lipinski definition) is 3. The van der Waals surface area contributed by atoms with Crippen LogP contribution in [0.1, 0.15) is 23.7 Å². The van der Waals surface area contributed by atoms with E-state index >= 15 is 0 Å². The molecule has 1 aromatic rings. The van der Waals surface area contributed by atoms with Gasteiger partial charge in [-0.2, -0.15) is 0 Å². The first-order chi connectivity index (χ1) is 7.11. The van der Waals surface area contributed by atoms with Gasteiger partial charge in [0.25, 0.3) is 5.91 Å². The number of phenolic OH excluding ortho intramolecular Hbond substituents is 1. The van der Waals surface area contributed by atoms with Crippen molar-refractivity contribution in [1.29, 1.82) is 0 Å². The predicted octanol–water partition coefficient (Wildman–Crippen LogP) is 0.859. The molecular weight excluding hydrogens is 192 g/mol. The summed E-state index contributed by atoms with van der Waals surface area (Å²) in [5.41, 5.74) is 5.84. The quantitative estimate of drug-likeness (QED) is 0.687. The molecule has 1 atom stereocenters. The van der Waals surface area contributed by atoms with Crippen LogP contribution in [0.2, 0.25) is 0 Å². The van der Waals surface area contributed by atoms with E-state index in [1.807, 2.05) is 6.92 Å². The minimum atomic E-state index is -0.270. The molecule has 15 heavy (non-hydrogen) atoms. The van der Waals surface area contributed by atoms with E-state index in [4.69, 9.17) is 5.73 Å². The predicted molar refractivity (Wildman–Crippen MR) is 58.7 cm³/mol. The molecule has 4 heteroatoms. The van der Waals surface area contributed by atoms with Crippen molar-refractivity contribution in [1.82, 2.24) is 5.32 Å². The average molecular weight is 208 g/mol. The molecule has 0 fully saturated rings. The summed E-state index contributed by atoms with van der Waals surface area (Å²) in [6, 6.07) is 6.51. The zero-order chi connectivity index (χ0) is 11.3. The maximum Gasteiger partial charge on any atom is 0.255 e. The summed E-state index contributed by atoms with van der Waals surface area (Å²) >= 11 is 0. The second-order valence-corrected chi connectivity index (χ2v) is 3.54. The fourth-order valence-corrected chi connectivity index (χ4v) is 1.17. The van der Waals surface area contributed by atoms with E-state index in [2.05, 4.69) is 5.32 Å². The van der Waals surface area contributed by atoms with Gasteiger partial charge < -0.3 is 16.2 Å². The number of amides is 1. The van der Waals surface area contributed by atoms with Crippen molar-refractivity contribution >= 4 is 5.91 Å². The first-order valence-corrected chi connectivity index (χ1v) is 4.93. The Hall–Kier alpha value is -1.55. The number of nitrogens with one attached hydrogen (secondary N) is 1. The summed E-state index contributed by atoms with van der Waals surface area (Å²) in [6.45, 7) is 2.40. The largest absolute Gasteiger partial charge is 0.507 e. The molecule has 0 heterocycles. The topological polar surface area (TPSA) is 75.3 Å². The average Bonchev–Trinajstić information content (AvgIpc) is 2.17. The van der Waals surface area contributed by atoms with Crippen LogP contribution in [0.4, 0.5) is 0 Å². The zero-order valence-electron chi connectivity index (χ0n) is 8.73. The van der Waals surface area contributed by atoms with E-state index in [-0.39, 0.29) is 17.7 Å². The molecule has 0 aliphatic rings. The highest BCUT2D eigenvalue weighted by Gasteiger charge is 2.08. The van der Waals surface area contributed by atoms with Gasteiger partial charge in [-0.15, -0.1) is 0 Å². The molecule has 0 saturated heterocycles. The van der Waals surface area contributed by atoms with E-state index in [9.17, 15) is 9.90 Å². The summed E-state index contributed by atoms with van der Waals surface area (Å²) in [5, 5.41) is 12.1. The maximum atomic E-state index is 11.5. The number of phenols is 1. The van der Waals surface area contributed by atoms with Crippen LogP contribution < -0.4 is 11.1 Å². The fraction of sp³-hybridized carbons (Fsp3) is 0.364. The van der Waals surface area contributed by atoms with E-state index in [0.717, 1.165) is 6.42 Å². The van der Waals surface area contributed by atoms with Crippen molar-refractivity contribution in [2.75, 3.05) is 6.54 Å². The third-order valence-electron chi connectivity index (χ3n) is 2.03. The van der Waals surface area contributed by atoms with Crippen molar-refractivity contribution in [3.05, 3.63) is 29.8 Å². The van der Waals surface area contributed by atoms with Crippen molar-refractivity contribution in [3.8, 4) is 5.75 Å². The van der Waals surface area contributed by atoms with Gasteiger partial charge in [0.05, 0.1) is 5.56 Å². The van der Waals surface area contributed by atoms with Crippen LogP contribution >= 0.6 is 0 Å². The van der Waals surface area contributed by atoms with Gasteiger partial charge in [0.2, 0.25) is 0 Å². The van der Waals surface area contributed by atoms with Crippen LogP contribution in [0.15, 0.2) is 24.3 Å². The minimum Gasteiger partial charge on any atom is -0.507 e. The lowest BCUT2D eigenvalue weighted by Crippen LogP contribution is -2.28. The normalized spacial score (nSPS) is 12.1. The highest BCUT2D eigenvalue weighted by Crippen LogP contribution is 2.14. The van der Waals surface area contributed by atoms with Gasteiger partial charge in [0, 0.05) is 12.6 Å². The number of carbonyl (C=O) groups excluding carboxylic acids is 1. The third-order valence-corrected chi connectivity index (χ3v) is 2.03. The van der Waals surface area contributed by atoms with Crippen molar-refractivity contribution in [3.63, 3.8) is 0 Å². The van der Waals surface area contributed by atoms with E-state index < -0.39 is 0 Å². The molecule has 0 saturated carbocycles. The lowest BCUT2D eigenvalue weighted by Gasteiger charge is -2.08. The molecule has 1 amide bonds. The summed E-state index contributed by atoms with van der Waals surface area (Å²) < 4.78 is 0. The van der Waals surface area contributed by atoms with Crippen molar-refractivity contribution < 1.29 is 9.90 Å². The van der Waals surface area contributed by atoms with Gasteiger partial charge in [-0.3, -0.25) is 4.79 Å². The molecule has 82 valence electrons. The standard InChI is InChI=1S/C11H16N2O2/c1-8(12)6-7-13-11(15)9-4-2-3-5-10(9)14/h2-5,8,14H,6-7,12H2,1H3,(H,13,15). The Balaban J connectivity index is 2.51. The van der Waals surface area contributed by atoms with Crippen LogP contribution in [-0.4, -0.2) is 23.6 Å². The lowest BCUT2D eigenvalue weighted by molar-refractivity contribution is 0.0950. The van der Waals surface area contributed by atoms with Crippen LogP contribution in [0.5, 0.6) is 5.75 Å². The van der Waals surface area contributed by atoms with Gasteiger partial charge in [0.15, 0.2) is 0 Å². The van der Waals surface area contributed by atoms with Crippen LogP contribution in [-0.2, 0) is 0 Å². The molecule has 0 aliphatic carbocycles. The summed E-state index contributed by atoms with van der Waals surface area (Å²) in [4.78, 5) is 11.5. The van der Waals surface area contributed by atoms with Crippen molar-refractivity contribution in [2.24, 2.45) is 5.73 Å². The molecular formula is C11H16N2O2. The highest BCUT2D eigenvalue weighted by molar-refractivity contribution is 5.96. The Kier molecular flexibility index (Phi) is 4.12. The number of carbonyl (C=O) groups is 1. The number of aromatic hydroxyl groups is 1. The molecule has 1 rings (SSSR count). The Morgan fingerprint density at radius 2 is 2.20 bits per heavy atom. The Morgan fingerprint density at radius 3 is 2.80 bits per heavy atom. The molecule has 0 spiro atoms. The second kappa shape index (κ2) is 5.36. The Labute approximate surface area is 89.1 Å². The maximum absolute atomic E-state index is 11.5.